The summed E-state index contributed by atoms with van der Waals surface area (Å²) in [6, 6.07) is 25.2. The number of hydrogen-bond donors (Lipinski definition) is 0. The first-order valence-corrected chi connectivity index (χ1v) is 16.4. The highest BCUT2D eigenvalue weighted by Gasteiger charge is 2.24. The summed E-state index contributed by atoms with van der Waals surface area (Å²) in [5, 5.41) is 7.64. The fourth-order valence-electron chi connectivity index (χ4n) is 5.40. The molecule has 45 heavy (non-hydrogen) atoms. The van der Waals surface area contributed by atoms with Gasteiger partial charge in [0.15, 0.2) is 5.78 Å². The summed E-state index contributed by atoms with van der Waals surface area (Å²) in [6.45, 7) is 11.1. The van der Waals surface area contributed by atoms with Crippen LogP contribution in [0.2, 0.25) is 0 Å². The molecule has 1 aromatic heterocycles. The van der Waals surface area contributed by atoms with Gasteiger partial charge in [0, 0.05) is 46.4 Å². The highest BCUT2D eigenvalue weighted by atomic mass is 31.2. The molecule has 4 aromatic carbocycles. The van der Waals surface area contributed by atoms with E-state index in [-0.39, 0.29) is 25.2 Å². The third kappa shape index (κ3) is 7.04. The highest BCUT2D eigenvalue weighted by molar-refractivity contribution is 7.53. The molecule has 0 spiro atoms. The van der Waals surface area contributed by atoms with Crippen molar-refractivity contribution in [2.24, 2.45) is 5.16 Å². The van der Waals surface area contributed by atoms with Crippen molar-refractivity contribution in [1.82, 2.24) is 4.57 Å². The van der Waals surface area contributed by atoms with Crippen LogP contribution in [0.1, 0.15) is 41.8 Å². The SMILES string of the molecule is C=CCOP(=O)(CCCn1c2ccc(C(=O)c3cccc4ccccc34)cc2c2cc(/C(C)=N\OC(C)=O)ccc21)OCC=C. The van der Waals surface area contributed by atoms with Crippen LogP contribution in [0.3, 0.4) is 0 Å². The molecule has 8 nitrogen and oxygen atoms in total. The van der Waals surface area contributed by atoms with E-state index in [1.807, 2.05) is 78.9 Å². The van der Waals surface area contributed by atoms with Gasteiger partial charge in [0.1, 0.15) is 0 Å². The summed E-state index contributed by atoms with van der Waals surface area (Å²) in [5.41, 5.74) is 4.35. The van der Waals surface area contributed by atoms with Crippen LogP contribution >= 0.6 is 7.60 Å². The fourth-order valence-corrected chi connectivity index (χ4v) is 6.92. The number of rotatable bonds is 14. The van der Waals surface area contributed by atoms with E-state index in [1.165, 1.54) is 6.92 Å². The summed E-state index contributed by atoms with van der Waals surface area (Å²) in [4.78, 5) is 30.1. The molecule has 0 N–H and O–H groups in total. The third-order valence-corrected chi connectivity index (χ3v) is 9.43. The molecular weight excluding hydrogens is 587 g/mol. The molecule has 5 rings (SSSR count). The maximum atomic E-state index is 13.9. The molecule has 0 saturated heterocycles. The number of aryl methyl sites for hydroxylation is 1. The van der Waals surface area contributed by atoms with Crippen LogP contribution in [0.4, 0.5) is 0 Å². The molecule has 0 unspecified atom stereocenters. The van der Waals surface area contributed by atoms with Crippen molar-refractivity contribution in [3.05, 3.63) is 121 Å². The van der Waals surface area contributed by atoms with Crippen molar-refractivity contribution < 1.29 is 28.0 Å². The number of aromatic nitrogens is 1. The van der Waals surface area contributed by atoms with Crippen molar-refractivity contribution in [2.45, 2.75) is 26.8 Å². The van der Waals surface area contributed by atoms with Gasteiger partial charge in [-0.2, -0.15) is 0 Å². The molecule has 1 heterocycles. The monoisotopic (exact) mass is 622 g/mol. The zero-order valence-electron chi connectivity index (χ0n) is 25.4. The van der Waals surface area contributed by atoms with Crippen LogP contribution in [0.25, 0.3) is 32.6 Å². The van der Waals surface area contributed by atoms with Gasteiger partial charge in [0.2, 0.25) is 0 Å². The van der Waals surface area contributed by atoms with E-state index in [4.69, 9.17) is 13.9 Å². The average Bonchev–Trinajstić information content (AvgIpc) is 3.36. The van der Waals surface area contributed by atoms with Gasteiger partial charge in [-0.15, -0.1) is 13.2 Å². The van der Waals surface area contributed by atoms with E-state index < -0.39 is 13.6 Å². The van der Waals surface area contributed by atoms with Gasteiger partial charge in [-0.25, -0.2) is 4.79 Å². The zero-order chi connectivity index (χ0) is 32.0. The first-order chi connectivity index (χ1) is 21.7. The van der Waals surface area contributed by atoms with Crippen molar-refractivity contribution in [2.75, 3.05) is 19.4 Å². The number of fused-ring (bicyclic) bond motifs is 4. The molecule has 0 radical (unpaired) electrons. The second kappa shape index (κ2) is 14.0. The van der Waals surface area contributed by atoms with Crippen molar-refractivity contribution in [3.8, 4) is 0 Å². The largest absolute Gasteiger partial charge is 0.340 e. The second-order valence-corrected chi connectivity index (χ2v) is 12.8. The lowest BCUT2D eigenvalue weighted by atomic mass is 9.96. The molecule has 0 fully saturated rings. The van der Waals surface area contributed by atoms with Gasteiger partial charge in [-0.1, -0.05) is 65.8 Å². The van der Waals surface area contributed by atoms with Crippen LogP contribution < -0.4 is 0 Å². The Morgan fingerprint density at radius 3 is 2.11 bits per heavy atom. The molecule has 0 amide bonds. The van der Waals surface area contributed by atoms with Gasteiger partial charge in [-0.05, 0) is 60.0 Å². The van der Waals surface area contributed by atoms with Crippen molar-refractivity contribution in [3.63, 3.8) is 0 Å². The standard InChI is InChI=1S/C36H35N2O6P/c1-5-20-42-45(41,43-21-6-2)22-10-19-38-34-17-15-28(25(3)37-44-26(4)39)23-32(34)33-24-29(16-18-35(33)38)36(40)31-14-9-12-27-11-7-8-13-30(27)31/h5-9,11-18,23-24H,1-2,10,19-22H2,3-4H3/b37-25-. The Kier molecular flexibility index (Phi) is 9.89. The lowest BCUT2D eigenvalue weighted by molar-refractivity contribution is -0.140. The Morgan fingerprint density at radius 1 is 0.822 bits per heavy atom. The van der Waals surface area contributed by atoms with Gasteiger partial charge in [-0.3, -0.25) is 9.36 Å². The summed E-state index contributed by atoms with van der Waals surface area (Å²) in [6.07, 6.45) is 3.80. The molecule has 230 valence electrons. The normalized spacial score (nSPS) is 12.1. The minimum absolute atomic E-state index is 0.0713. The molecule has 0 aliphatic rings. The van der Waals surface area contributed by atoms with E-state index in [1.54, 1.807) is 19.1 Å². The number of carbonyl (C=O) groups excluding carboxylic acids is 2. The molecule has 0 aliphatic heterocycles. The fraction of sp³-hybridized carbons (Fsp3) is 0.194. The van der Waals surface area contributed by atoms with Gasteiger partial charge in [0.05, 0.1) is 25.1 Å². The Bertz CT molecular complexity index is 1990. The lowest BCUT2D eigenvalue weighted by Gasteiger charge is -2.17. The van der Waals surface area contributed by atoms with E-state index in [0.717, 1.165) is 38.1 Å². The number of nitrogens with zero attached hydrogens (tertiary/aromatic N) is 2. The third-order valence-electron chi connectivity index (χ3n) is 7.48. The summed E-state index contributed by atoms with van der Waals surface area (Å²) in [7, 11) is -3.36. The van der Waals surface area contributed by atoms with E-state index in [9.17, 15) is 14.2 Å². The minimum Gasteiger partial charge on any atom is -0.340 e. The van der Waals surface area contributed by atoms with E-state index in [2.05, 4.69) is 22.9 Å². The first-order valence-electron chi connectivity index (χ1n) is 14.7. The predicted octanol–water partition coefficient (Wildman–Crippen LogP) is 8.45. The Morgan fingerprint density at radius 2 is 1.44 bits per heavy atom. The summed E-state index contributed by atoms with van der Waals surface area (Å²) < 4.78 is 26.6. The smallest absolute Gasteiger partial charge is 0.331 e. The molecule has 5 aromatic rings. The number of carbonyl (C=O) groups is 2. The molecular formula is C36H35N2O6P. The van der Waals surface area contributed by atoms with Gasteiger partial charge in [0.25, 0.3) is 0 Å². The summed E-state index contributed by atoms with van der Waals surface area (Å²) >= 11 is 0. The minimum atomic E-state index is -3.36. The quantitative estimate of drug-likeness (QED) is 0.0308. The molecule has 9 heteroatoms. The van der Waals surface area contributed by atoms with Crippen molar-refractivity contribution >= 4 is 57.6 Å². The average molecular weight is 623 g/mol. The summed E-state index contributed by atoms with van der Waals surface area (Å²) in [5.74, 6) is -0.576. The number of ketones is 1. The molecule has 0 saturated carbocycles. The highest BCUT2D eigenvalue weighted by Crippen LogP contribution is 2.49. The van der Waals surface area contributed by atoms with Gasteiger partial charge >= 0.3 is 13.6 Å². The number of oxime groups is 1. The van der Waals surface area contributed by atoms with Crippen molar-refractivity contribution in [1.29, 1.82) is 0 Å². The van der Waals surface area contributed by atoms with Crippen LogP contribution in [0, 0.1) is 0 Å². The van der Waals surface area contributed by atoms with E-state index in [0.29, 0.717) is 29.8 Å². The molecule has 0 bridgehead atoms. The number of benzene rings is 4. The van der Waals surface area contributed by atoms with Gasteiger partial charge < -0.3 is 18.5 Å². The van der Waals surface area contributed by atoms with E-state index >= 15 is 0 Å². The lowest BCUT2D eigenvalue weighted by Crippen LogP contribution is -2.05. The maximum absolute atomic E-state index is 13.9. The Labute approximate surface area is 262 Å². The van der Waals surface area contributed by atoms with Crippen LogP contribution in [-0.4, -0.2) is 41.4 Å². The molecule has 0 aliphatic carbocycles. The predicted molar refractivity (Wildman–Crippen MR) is 180 cm³/mol. The zero-order valence-corrected chi connectivity index (χ0v) is 26.3. The van der Waals surface area contributed by atoms with Crippen LogP contribution in [-0.2, 0) is 29.8 Å². The number of hydrogen-bond acceptors (Lipinski definition) is 7. The molecule has 0 atom stereocenters. The first kappa shape index (κ1) is 31.8. The maximum Gasteiger partial charge on any atom is 0.331 e. The van der Waals surface area contributed by atoms with Crippen LogP contribution in [0.15, 0.2) is 109 Å². The Hall–Kier alpha value is -4.62. The second-order valence-electron chi connectivity index (χ2n) is 10.6. The topological polar surface area (TPSA) is 96.2 Å². The Balaban J connectivity index is 1.57. The van der Waals surface area contributed by atoms with Crippen LogP contribution in [0.5, 0.6) is 0 Å².